The molecule has 2 saturated heterocycles. The van der Waals surface area contributed by atoms with Crippen molar-refractivity contribution in [2.24, 2.45) is 5.92 Å². The summed E-state index contributed by atoms with van der Waals surface area (Å²) in [5, 5.41) is 18.4. The standard InChI is InChI=1S/C13H17N3O3/c14-7-10-2-1-5-15(10)12(17)11-8-3-4-9(6-8)16(11)13(18)19/h8-11H,1-6H2,(H,18,19)/t8-,9+,10+,11+/m1/s1. The van der Waals surface area contributed by atoms with Crippen molar-refractivity contribution in [1.82, 2.24) is 9.80 Å². The quantitative estimate of drug-likeness (QED) is 0.765. The van der Waals surface area contributed by atoms with Gasteiger partial charge in [-0.25, -0.2) is 4.79 Å². The van der Waals surface area contributed by atoms with Crippen molar-refractivity contribution in [3.8, 4) is 6.07 Å². The van der Waals surface area contributed by atoms with Gasteiger partial charge in [0.15, 0.2) is 0 Å². The first-order valence-electron chi connectivity index (χ1n) is 6.85. The van der Waals surface area contributed by atoms with E-state index in [0.717, 1.165) is 25.7 Å². The highest BCUT2D eigenvalue weighted by Crippen LogP contribution is 2.43. The van der Waals surface area contributed by atoms with Crippen LogP contribution in [0.4, 0.5) is 4.79 Å². The van der Waals surface area contributed by atoms with Gasteiger partial charge in [0.25, 0.3) is 0 Å². The second-order valence-corrected chi connectivity index (χ2v) is 5.68. The summed E-state index contributed by atoms with van der Waals surface area (Å²) in [6.07, 6.45) is 3.12. The summed E-state index contributed by atoms with van der Waals surface area (Å²) >= 11 is 0. The summed E-state index contributed by atoms with van der Waals surface area (Å²) in [5.74, 6) is -0.00723. The highest BCUT2D eigenvalue weighted by atomic mass is 16.4. The van der Waals surface area contributed by atoms with Gasteiger partial charge in [0.05, 0.1) is 6.07 Å². The molecule has 2 heterocycles. The van der Waals surface area contributed by atoms with Gasteiger partial charge in [0, 0.05) is 12.6 Å². The number of hydrogen-bond donors (Lipinski definition) is 1. The summed E-state index contributed by atoms with van der Waals surface area (Å²) in [6, 6.07) is 1.22. The van der Waals surface area contributed by atoms with Crippen molar-refractivity contribution in [3.63, 3.8) is 0 Å². The summed E-state index contributed by atoms with van der Waals surface area (Å²) < 4.78 is 0. The van der Waals surface area contributed by atoms with Gasteiger partial charge in [-0.05, 0) is 38.0 Å². The first-order valence-corrected chi connectivity index (χ1v) is 6.85. The lowest BCUT2D eigenvalue weighted by Crippen LogP contribution is -2.54. The topological polar surface area (TPSA) is 84.6 Å². The molecular weight excluding hydrogens is 246 g/mol. The third-order valence-corrected chi connectivity index (χ3v) is 4.74. The van der Waals surface area contributed by atoms with Crippen molar-refractivity contribution in [1.29, 1.82) is 5.26 Å². The predicted octanol–water partition coefficient (Wildman–Crippen LogP) is 1.03. The molecule has 6 heteroatoms. The molecule has 0 spiro atoms. The van der Waals surface area contributed by atoms with Crippen molar-refractivity contribution in [2.75, 3.05) is 6.54 Å². The van der Waals surface area contributed by atoms with Crippen LogP contribution >= 0.6 is 0 Å². The van der Waals surface area contributed by atoms with Gasteiger partial charge in [0.2, 0.25) is 5.91 Å². The number of amides is 2. The van der Waals surface area contributed by atoms with Gasteiger partial charge in [-0.3, -0.25) is 9.69 Å². The number of piperidine rings is 1. The summed E-state index contributed by atoms with van der Waals surface area (Å²) in [7, 11) is 0. The van der Waals surface area contributed by atoms with Crippen LogP contribution in [0.25, 0.3) is 0 Å². The molecule has 102 valence electrons. The number of fused-ring (bicyclic) bond motifs is 2. The monoisotopic (exact) mass is 263 g/mol. The number of carboxylic acid groups (broad SMARTS) is 1. The van der Waals surface area contributed by atoms with E-state index in [2.05, 4.69) is 6.07 Å². The minimum atomic E-state index is -1.00. The number of likely N-dealkylation sites (tertiary alicyclic amines) is 2. The van der Waals surface area contributed by atoms with E-state index in [1.54, 1.807) is 4.90 Å². The molecule has 2 aliphatic heterocycles. The van der Waals surface area contributed by atoms with Gasteiger partial charge in [-0.1, -0.05) is 0 Å². The molecule has 0 aromatic rings. The maximum absolute atomic E-state index is 12.6. The lowest BCUT2D eigenvalue weighted by Gasteiger charge is -2.35. The van der Waals surface area contributed by atoms with E-state index >= 15 is 0 Å². The summed E-state index contributed by atoms with van der Waals surface area (Å²) in [6.45, 7) is 0.582. The van der Waals surface area contributed by atoms with Crippen LogP contribution in [0.15, 0.2) is 0 Å². The first kappa shape index (κ1) is 12.3. The van der Waals surface area contributed by atoms with Crippen LogP contribution in [0.2, 0.25) is 0 Å². The molecule has 1 aliphatic carbocycles. The maximum atomic E-state index is 12.6. The lowest BCUT2D eigenvalue weighted by molar-refractivity contribution is -0.137. The average Bonchev–Trinajstić information content (AvgIpc) is 3.10. The van der Waals surface area contributed by atoms with Crippen LogP contribution in [-0.2, 0) is 4.79 Å². The third kappa shape index (κ3) is 1.76. The fraction of sp³-hybridized carbons (Fsp3) is 0.769. The number of carbonyl (C=O) groups excluding carboxylic acids is 1. The molecule has 0 aromatic heterocycles. The maximum Gasteiger partial charge on any atom is 0.408 e. The van der Waals surface area contributed by atoms with E-state index in [-0.39, 0.29) is 23.9 Å². The molecule has 3 fully saturated rings. The van der Waals surface area contributed by atoms with Crippen molar-refractivity contribution < 1.29 is 14.7 Å². The van der Waals surface area contributed by atoms with Crippen LogP contribution in [0.3, 0.4) is 0 Å². The molecule has 2 amide bonds. The lowest BCUT2D eigenvalue weighted by atomic mass is 9.97. The number of nitrogens with zero attached hydrogens (tertiary/aromatic N) is 3. The highest BCUT2D eigenvalue weighted by Gasteiger charge is 2.53. The molecule has 1 N–H and O–H groups in total. The number of nitriles is 1. The Bertz CT molecular complexity index is 459. The van der Waals surface area contributed by atoms with Crippen molar-refractivity contribution in [2.45, 2.75) is 50.2 Å². The van der Waals surface area contributed by atoms with Crippen LogP contribution in [0, 0.1) is 17.2 Å². The van der Waals surface area contributed by atoms with Crippen molar-refractivity contribution >= 4 is 12.0 Å². The smallest absolute Gasteiger partial charge is 0.408 e. The van der Waals surface area contributed by atoms with E-state index in [9.17, 15) is 14.7 Å². The molecule has 4 atom stereocenters. The van der Waals surface area contributed by atoms with Gasteiger partial charge in [-0.2, -0.15) is 5.26 Å². The van der Waals surface area contributed by atoms with E-state index in [1.807, 2.05) is 0 Å². The second kappa shape index (κ2) is 4.41. The van der Waals surface area contributed by atoms with Crippen molar-refractivity contribution in [3.05, 3.63) is 0 Å². The molecular formula is C13H17N3O3. The molecule has 3 aliphatic rings. The Hall–Kier alpha value is -1.77. The normalized spacial score (nSPS) is 36.6. The Morgan fingerprint density at radius 3 is 2.74 bits per heavy atom. The van der Waals surface area contributed by atoms with Gasteiger partial charge in [0.1, 0.15) is 12.1 Å². The van der Waals surface area contributed by atoms with Crippen LogP contribution in [0.5, 0.6) is 0 Å². The Morgan fingerprint density at radius 1 is 1.26 bits per heavy atom. The predicted molar refractivity (Wildman–Crippen MR) is 65.1 cm³/mol. The van der Waals surface area contributed by atoms with E-state index in [0.29, 0.717) is 13.0 Å². The number of rotatable bonds is 1. The summed E-state index contributed by atoms with van der Waals surface area (Å²) in [5.41, 5.74) is 0. The zero-order chi connectivity index (χ0) is 13.6. The third-order valence-electron chi connectivity index (χ3n) is 4.74. The molecule has 0 aromatic carbocycles. The number of hydrogen-bond acceptors (Lipinski definition) is 3. The Kier molecular flexibility index (Phi) is 2.85. The summed E-state index contributed by atoms with van der Waals surface area (Å²) in [4.78, 5) is 26.9. The zero-order valence-corrected chi connectivity index (χ0v) is 10.7. The molecule has 0 unspecified atom stereocenters. The van der Waals surface area contributed by atoms with Gasteiger partial charge < -0.3 is 10.0 Å². The largest absolute Gasteiger partial charge is 0.465 e. The zero-order valence-electron chi connectivity index (χ0n) is 10.7. The Balaban J connectivity index is 1.83. The number of carbonyl (C=O) groups is 2. The first-order chi connectivity index (χ1) is 9.13. The fourth-order valence-electron chi connectivity index (χ4n) is 3.92. The van der Waals surface area contributed by atoms with E-state index in [4.69, 9.17) is 5.26 Å². The fourth-order valence-corrected chi connectivity index (χ4v) is 3.92. The van der Waals surface area contributed by atoms with Gasteiger partial charge in [-0.15, -0.1) is 0 Å². The Morgan fingerprint density at radius 2 is 2.05 bits per heavy atom. The highest BCUT2D eigenvalue weighted by molar-refractivity contribution is 5.87. The minimum absolute atomic E-state index is 0.000381. The van der Waals surface area contributed by atoms with Crippen LogP contribution < -0.4 is 0 Å². The van der Waals surface area contributed by atoms with E-state index < -0.39 is 12.1 Å². The second-order valence-electron chi connectivity index (χ2n) is 5.68. The molecule has 6 nitrogen and oxygen atoms in total. The molecule has 0 radical (unpaired) electrons. The van der Waals surface area contributed by atoms with Crippen LogP contribution in [-0.4, -0.2) is 51.6 Å². The molecule has 19 heavy (non-hydrogen) atoms. The van der Waals surface area contributed by atoms with E-state index in [1.165, 1.54) is 4.90 Å². The molecule has 2 bridgehead atoms. The molecule has 3 rings (SSSR count). The average molecular weight is 263 g/mol. The minimum Gasteiger partial charge on any atom is -0.465 e. The Labute approximate surface area is 111 Å². The van der Waals surface area contributed by atoms with Gasteiger partial charge >= 0.3 is 6.09 Å². The SMILES string of the molecule is N#C[C@@H]1CCCN1C(=O)[C@@H]1[C@@H]2CC[C@@H](C2)N1C(=O)O. The van der Waals surface area contributed by atoms with Crippen LogP contribution in [0.1, 0.15) is 32.1 Å². The molecule has 1 saturated carbocycles.